The molecule has 0 aliphatic carbocycles. The number of benzene rings is 1. The normalized spacial score (nSPS) is 11.0. The third-order valence-electron chi connectivity index (χ3n) is 3.59. The van der Waals surface area contributed by atoms with Crippen LogP contribution in [0.1, 0.15) is 27.3 Å². The molecule has 1 aromatic carbocycles. The maximum absolute atomic E-state index is 12.4. The molecule has 0 bridgehead atoms. The third kappa shape index (κ3) is 2.46. The molecule has 0 aliphatic heterocycles. The Labute approximate surface area is 131 Å². The number of hydrogen-bond acceptors (Lipinski definition) is 4. The first-order chi connectivity index (χ1) is 10.6. The minimum absolute atomic E-state index is 0.201. The fourth-order valence-electron chi connectivity index (χ4n) is 2.23. The molecule has 0 fully saturated rings. The highest BCUT2D eigenvalue weighted by molar-refractivity contribution is 7.98. The summed E-state index contributed by atoms with van der Waals surface area (Å²) >= 11 is 1.45. The third-order valence-corrected chi connectivity index (χ3v) is 4.65. The van der Waals surface area contributed by atoms with Gasteiger partial charge in [0.15, 0.2) is 6.29 Å². The molecule has 0 spiro atoms. The fourth-order valence-corrected chi connectivity index (χ4v) is 3.16. The SMILES string of the molecule is Cc1[nH]c2nc(SCc3ccccc3)c(C=O)n2c(=O)c1C. The van der Waals surface area contributed by atoms with Crippen LogP contribution in [0.5, 0.6) is 0 Å². The molecule has 3 aromatic rings. The van der Waals surface area contributed by atoms with E-state index in [1.54, 1.807) is 6.92 Å². The molecule has 112 valence electrons. The van der Waals surface area contributed by atoms with E-state index in [2.05, 4.69) is 9.97 Å². The molecular weight excluding hydrogens is 298 g/mol. The van der Waals surface area contributed by atoms with Gasteiger partial charge in [-0.3, -0.25) is 9.59 Å². The Hall–Kier alpha value is -2.34. The van der Waals surface area contributed by atoms with Crippen molar-refractivity contribution in [2.24, 2.45) is 0 Å². The van der Waals surface area contributed by atoms with Gasteiger partial charge in [-0.1, -0.05) is 42.1 Å². The van der Waals surface area contributed by atoms with Gasteiger partial charge in [-0.15, -0.1) is 0 Å². The zero-order valence-electron chi connectivity index (χ0n) is 12.3. The number of nitrogens with zero attached hydrogens (tertiary/aromatic N) is 2. The number of rotatable bonds is 4. The summed E-state index contributed by atoms with van der Waals surface area (Å²) in [7, 11) is 0. The second-order valence-corrected chi connectivity index (χ2v) is 6.00. The second kappa shape index (κ2) is 5.81. The molecule has 0 atom stereocenters. The number of hydrogen-bond donors (Lipinski definition) is 1. The average molecular weight is 313 g/mol. The van der Waals surface area contributed by atoms with Crippen LogP contribution in [-0.2, 0) is 5.75 Å². The molecule has 0 aliphatic rings. The van der Waals surface area contributed by atoms with E-state index >= 15 is 0 Å². The van der Waals surface area contributed by atoms with Gasteiger partial charge in [-0.05, 0) is 19.4 Å². The van der Waals surface area contributed by atoms with Crippen molar-refractivity contribution in [1.29, 1.82) is 0 Å². The summed E-state index contributed by atoms with van der Waals surface area (Å²) in [5, 5.41) is 0.567. The quantitative estimate of drug-likeness (QED) is 0.594. The van der Waals surface area contributed by atoms with Crippen LogP contribution < -0.4 is 5.56 Å². The fraction of sp³-hybridized carbons (Fsp3) is 0.188. The predicted molar refractivity (Wildman–Crippen MR) is 86.7 cm³/mol. The van der Waals surface area contributed by atoms with Crippen LogP contribution >= 0.6 is 11.8 Å². The van der Waals surface area contributed by atoms with Crippen LogP contribution in [-0.4, -0.2) is 20.7 Å². The Balaban J connectivity index is 2.05. The predicted octanol–water partition coefficient (Wildman–Crippen LogP) is 2.74. The molecule has 5 nitrogen and oxygen atoms in total. The number of aromatic nitrogens is 3. The molecule has 3 rings (SSSR count). The van der Waals surface area contributed by atoms with E-state index in [4.69, 9.17) is 0 Å². The molecule has 2 heterocycles. The summed E-state index contributed by atoms with van der Waals surface area (Å²) in [5.41, 5.74) is 2.60. The van der Waals surface area contributed by atoms with Crippen molar-refractivity contribution in [3.63, 3.8) is 0 Å². The molecule has 0 radical (unpaired) electrons. The van der Waals surface area contributed by atoms with Crippen molar-refractivity contribution < 1.29 is 4.79 Å². The van der Waals surface area contributed by atoms with Gasteiger partial charge >= 0.3 is 0 Å². The smallest absolute Gasteiger partial charge is 0.262 e. The summed E-state index contributed by atoms with van der Waals surface area (Å²) in [5.74, 6) is 1.10. The van der Waals surface area contributed by atoms with Crippen LogP contribution in [0.15, 0.2) is 40.2 Å². The van der Waals surface area contributed by atoms with Gasteiger partial charge in [0.25, 0.3) is 5.56 Å². The van der Waals surface area contributed by atoms with E-state index in [9.17, 15) is 9.59 Å². The number of imidazole rings is 1. The first-order valence-electron chi connectivity index (χ1n) is 6.85. The number of thioether (sulfide) groups is 1. The van der Waals surface area contributed by atoms with Crippen LogP contribution in [0.25, 0.3) is 5.78 Å². The first-order valence-corrected chi connectivity index (χ1v) is 7.84. The van der Waals surface area contributed by atoms with Gasteiger partial charge < -0.3 is 4.98 Å². The van der Waals surface area contributed by atoms with Crippen LogP contribution in [0, 0.1) is 13.8 Å². The Kier molecular flexibility index (Phi) is 3.85. The highest BCUT2D eigenvalue weighted by Gasteiger charge is 2.16. The Morgan fingerprint density at radius 2 is 2.00 bits per heavy atom. The van der Waals surface area contributed by atoms with Crippen molar-refractivity contribution in [3.8, 4) is 0 Å². The van der Waals surface area contributed by atoms with Crippen molar-refractivity contribution in [2.45, 2.75) is 24.6 Å². The lowest BCUT2D eigenvalue weighted by Crippen LogP contribution is -2.20. The molecule has 0 saturated carbocycles. The van der Waals surface area contributed by atoms with E-state index in [1.807, 2.05) is 37.3 Å². The largest absolute Gasteiger partial charge is 0.329 e. The molecule has 22 heavy (non-hydrogen) atoms. The highest BCUT2D eigenvalue weighted by Crippen LogP contribution is 2.25. The zero-order valence-corrected chi connectivity index (χ0v) is 13.1. The Morgan fingerprint density at radius 3 is 2.68 bits per heavy atom. The number of fused-ring (bicyclic) bond motifs is 1. The van der Waals surface area contributed by atoms with Crippen molar-refractivity contribution >= 4 is 23.8 Å². The van der Waals surface area contributed by atoms with Crippen molar-refractivity contribution in [1.82, 2.24) is 14.4 Å². The van der Waals surface area contributed by atoms with Crippen LogP contribution in [0.2, 0.25) is 0 Å². The van der Waals surface area contributed by atoms with E-state index in [0.29, 0.717) is 34.1 Å². The minimum atomic E-state index is -0.201. The number of aromatic amines is 1. The maximum Gasteiger partial charge on any atom is 0.262 e. The van der Waals surface area contributed by atoms with E-state index in [1.165, 1.54) is 16.2 Å². The Bertz CT molecular complexity index is 897. The standard InChI is InChI=1S/C16H15N3O2S/c1-10-11(2)17-16-18-14(13(8-20)19(16)15(10)21)22-9-12-6-4-3-5-7-12/h3-8H,9H2,1-2H3,(H,17,18). The molecule has 2 aromatic heterocycles. The maximum atomic E-state index is 12.4. The number of aryl methyl sites for hydroxylation is 1. The van der Waals surface area contributed by atoms with Gasteiger partial charge in [0.2, 0.25) is 5.78 Å². The molecule has 1 N–H and O–H groups in total. The minimum Gasteiger partial charge on any atom is -0.329 e. The lowest BCUT2D eigenvalue weighted by atomic mass is 10.2. The summed E-state index contributed by atoms with van der Waals surface area (Å²) < 4.78 is 1.35. The summed E-state index contributed by atoms with van der Waals surface area (Å²) in [6, 6.07) is 9.93. The number of carbonyl (C=O) groups excluding carboxylic acids is 1. The number of carbonyl (C=O) groups is 1. The zero-order chi connectivity index (χ0) is 15.7. The number of H-pyrrole nitrogens is 1. The van der Waals surface area contributed by atoms with Gasteiger partial charge in [0.1, 0.15) is 10.7 Å². The second-order valence-electron chi connectivity index (χ2n) is 5.03. The number of nitrogens with one attached hydrogen (secondary N) is 1. The van der Waals surface area contributed by atoms with Gasteiger partial charge in [-0.25, -0.2) is 9.38 Å². The first kappa shape index (κ1) is 14.6. The lowest BCUT2D eigenvalue weighted by Gasteiger charge is -2.01. The van der Waals surface area contributed by atoms with Crippen molar-refractivity contribution in [3.05, 3.63) is 63.2 Å². The summed E-state index contributed by atoms with van der Waals surface area (Å²) in [6.07, 6.45) is 0.692. The Morgan fingerprint density at radius 1 is 1.27 bits per heavy atom. The van der Waals surface area contributed by atoms with Crippen LogP contribution in [0.4, 0.5) is 0 Å². The van der Waals surface area contributed by atoms with Gasteiger partial charge in [0.05, 0.1) is 0 Å². The van der Waals surface area contributed by atoms with Crippen LogP contribution in [0.3, 0.4) is 0 Å². The molecule has 6 heteroatoms. The molecule has 0 amide bonds. The molecular formula is C16H15N3O2S. The van der Waals surface area contributed by atoms with E-state index in [0.717, 1.165) is 11.3 Å². The number of aldehydes is 1. The monoisotopic (exact) mass is 313 g/mol. The molecule has 0 saturated heterocycles. The summed E-state index contributed by atoms with van der Waals surface area (Å²) in [4.78, 5) is 31.3. The topological polar surface area (TPSA) is 67.2 Å². The van der Waals surface area contributed by atoms with E-state index in [-0.39, 0.29) is 5.56 Å². The molecule has 0 unspecified atom stereocenters. The van der Waals surface area contributed by atoms with Crippen molar-refractivity contribution in [2.75, 3.05) is 0 Å². The van der Waals surface area contributed by atoms with Gasteiger partial charge in [-0.2, -0.15) is 0 Å². The highest BCUT2D eigenvalue weighted by atomic mass is 32.2. The summed E-state index contributed by atoms with van der Waals surface area (Å²) in [6.45, 7) is 3.56. The lowest BCUT2D eigenvalue weighted by molar-refractivity contribution is 0.111. The van der Waals surface area contributed by atoms with Gasteiger partial charge in [0, 0.05) is 17.0 Å². The average Bonchev–Trinajstić information content (AvgIpc) is 2.89. The van der Waals surface area contributed by atoms with E-state index < -0.39 is 0 Å².